The van der Waals surface area contributed by atoms with Gasteiger partial charge in [-0.2, -0.15) is 5.10 Å². The number of benzene rings is 3. The molecule has 3 aromatic rings. The summed E-state index contributed by atoms with van der Waals surface area (Å²) < 4.78 is 5.31. The van der Waals surface area contributed by atoms with Gasteiger partial charge < -0.3 is 10.1 Å². The highest BCUT2D eigenvalue weighted by Crippen LogP contribution is 2.17. The van der Waals surface area contributed by atoms with E-state index < -0.39 is 6.10 Å². The van der Waals surface area contributed by atoms with Crippen molar-refractivity contribution in [2.24, 2.45) is 5.10 Å². The molecule has 6 heteroatoms. The van der Waals surface area contributed by atoms with Gasteiger partial charge in [-0.15, -0.1) is 0 Å². The van der Waals surface area contributed by atoms with Gasteiger partial charge >= 0.3 is 0 Å². The molecule has 2 N–H and O–H groups in total. The Bertz CT molecular complexity index is 1030. The quantitative estimate of drug-likeness (QED) is 0.461. The molecule has 0 saturated carbocycles. The number of nitrogens with one attached hydrogen (secondary N) is 2. The molecule has 6 nitrogen and oxygen atoms in total. The second-order valence-corrected chi connectivity index (χ2v) is 6.60. The molecule has 0 aliphatic carbocycles. The first-order chi connectivity index (χ1) is 14.6. The van der Waals surface area contributed by atoms with E-state index in [4.69, 9.17) is 4.74 Å². The highest BCUT2D eigenvalue weighted by atomic mass is 16.5. The fraction of sp³-hybridized carbons (Fsp3) is 0.125. The number of carbonyl (C=O) groups is 2. The number of rotatable bonds is 7. The second-order valence-electron chi connectivity index (χ2n) is 6.60. The maximum Gasteiger partial charge on any atom is 0.273 e. The van der Waals surface area contributed by atoms with Gasteiger partial charge in [0.05, 0.1) is 5.71 Å². The average molecular weight is 401 g/mol. The third-order valence-electron chi connectivity index (χ3n) is 4.48. The Kier molecular flexibility index (Phi) is 7.08. The number of ether oxygens (including phenoxy) is 1. The van der Waals surface area contributed by atoms with Gasteiger partial charge in [-0.1, -0.05) is 60.7 Å². The van der Waals surface area contributed by atoms with Gasteiger partial charge in [0.2, 0.25) is 0 Å². The summed E-state index contributed by atoms with van der Waals surface area (Å²) in [6, 6.07) is 25.5. The average Bonchev–Trinajstić information content (AvgIpc) is 2.79. The van der Waals surface area contributed by atoms with Crippen LogP contribution in [0.1, 0.15) is 34.5 Å². The van der Waals surface area contributed by atoms with Crippen LogP contribution in [0, 0.1) is 0 Å². The van der Waals surface area contributed by atoms with Crippen LogP contribution < -0.4 is 10.7 Å². The summed E-state index contributed by atoms with van der Waals surface area (Å²) >= 11 is 0. The highest BCUT2D eigenvalue weighted by molar-refractivity contribution is 6.05. The van der Waals surface area contributed by atoms with Crippen molar-refractivity contribution in [1.29, 1.82) is 0 Å². The lowest BCUT2D eigenvalue weighted by Gasteiger charge is -2.14. The van der Waals surface area contributed by atoms with Crippen LogP contribution in [0.25, 0.3) is 0 Å². The first-order valence-corrected chi connectivity index (χ1v) is 9.47. The summed E-state index contributed by atoms with van der Waals surface area (Å²) in [4.78, 5) is 24.8. The van der Waals surface area contributed by atoms with Crippen LogP contribution in [0.3, 0.4) is 0 Å². The van der Waals surface area contributed by atoms with E-state index in [2.05, 4.69) is 15.8 Å². The number of anilines is 1. The number of hydrazone groups is 1. The fourth-order valence-corrected chi connectivity index (χ4v) is 2.90. The Hall–Kier alpha value is -3.77. The molecular weight excluding hydrogens is 378 g/mol. The third kappa shape index (κ3) is 5.40. The normalized spacial score (nSPS) is 12.1. The first-order valence-electron chi connectivity index (χ1n) is 9.47. The number of amides is 2. The summed E-state index contributed by atoms with van der Waals surface area (Å²) in [6.45, 7) is 1.78. The Morgan fingerprint density at radius 1 is 0.867 bits per heavy atom. The Morgan fingerprint density at radius 3 is 2.17 bits per heavy atom. The van der Waals surface area contributed by atoms with E-state index in [9.17, 15) is 9.59 Å². The van der Waals surface area contributed by atoms with E-state index in [0.29, 0.717) is 17.0 Å². The zero-order valence-corrected chi connectivity index (χ0v) is 16.8. The van der Waals surface area contributed by atoms with Crippen LogP contribution >= 0.6 is 0 Å². The van der Waals surface area contributed by atoms with E-state index in [1.165, 1.54) is 7.11 Å². The standard InChI is InChI=1S/C24H23N3O3/c1-17(26-27-24(29)22(30-2)18-10-5-3-6-11-18)20-14-9-15-21(16-20)25-23(28)19-12-7-4-8-13-19/h3-16,22H,1-2H3,(H,25,28)(H,27,29)/b26-17+. The molecule has 0 bridgehead atoms. The monoisotopic (exact) mass is 401 g/mol. The van der Waals surface area contributed by atoms with Crippen molar-refractivity contribution in [3.63, 3.8) is 0 Å². The van der Waals surface area contributed by atoms with E-state index in [1.54, 1.807) is 31.2 Å². The highest BCUT2D eigenvalue weighted by Gasteiger charge is 2.19. The molecule has 0 heterocycles. The van der Waals surface area contributed by atoms with E-state index in [1.807, 2.05) is 60.7 Å². The predicted molar refractivity (Wildman–Crippen MR) is 117 cm³/mol. The summed E-state index contributed by atoms with van der Waals surface area (Å²) in [5, 5.41) is 7.06. The predicted octanol–water partition coefficient (Wildman–Crippen LogP) is 4.17. The first kappa shape index (κ1) is 21.0. The maximum absolute atomic E-state index is 12.5. The Labute approximate surface area is 175 Å². The van der Waals surface area contributed by atoms with Crippen molar-refractivity contribution >= 4 is 23.2 Å². The topological polar surface area (TPSA) is 79.8 Å². The summed E-state index contributed by atoms with van der Waals surface area (Å²) in [6.07, 6.45) is -0.751. The lowest BCUT2D eigenvalue weighted by molar-refractivity contribution is -0.131. The molecular formula is C24H23N3O3. The van der Waals surface area contributed by atoms with Crippen LogP contribution in [-0.4, -0.2) is 24.6 Å². The van der Waals surface area contributed by atoms with Crippen LogP contribution in [0.15, 0.2) is 90.0 Å². The van der Waals surface area contributed by atoms with Crippen LogP contribution in [-0.2, 0) is 9.53 Å². The van der Waals surface area contributed by atoms with Gasteiger partial charge in [0.25, 0.3) is 11.8 Å². The zero-order chi connectivity index (χ0) is 21.3. The van der Waals surface area contributed by atoms with E-state index >= 15 is 0 Å². The lowest BCUT2D eigenvalue weighted by atomic mass is 10.1. The minimum absolute atomic E-state index is 0.193. The molecule has 1 atom stereocenters. The Balaban J connectivity index is 1.68. The maximum atomic E-state index is 12.5. The smallest absolute Gasteiger partial charge is 0.273 e. The van der Waals surface area contributed by atoms with Crippen molar-refractivity contribution < 1.29 is 14.3 Å². The molecule has 0 spiro atoms. The number of hydrogen-bond acceptors (Lipinski definition) is 4. The largest absolute Gasteiger partial charge is 0.367 e. The molecule has 0 aliphatic heterocycles. The number of methoxy groups -OCH3 is 1. The van der Waals surface area contributed by atoms with Gasteiger partial charge in [0.1, 0.15) is 0 Å². The zero-order valence-electron chi connectivity index (χ0n) is 16.8. The molecule has 1 unspecified atom stereocenters. The van der Waals surface area contributed by atoms with Crippen LogP contribution in [0.5, 0.6) is 0 Å². The minimum Gasteiger partial charge on any atom is -0.367 e. The number of nitrogens with zero attached hydrogens (tertiary/aromatic N) is 1. The lowest BCUT2D eigenvalue weighted by Crippen LogP contribution is -2.27. The van der Waals surface area contributed by atoms with E-state index in [0.717, 1.165) is 11.1 Å². The van der Waals surface area contributed by atoms with Crippen molar-refractivity contribution in [1.82, 2.24) is 5.43 Å². The van der Waals surface area contributed by atoms with Gasteiger partial charge in [-0.25, -0.2) is 5.43 Å². The molecule has 0 fully saturated rings. The molecule has 2 amide bonds. The fourth-order valence-electron chi connectivity index (χ4n) is 2.90. The molecule has 0 aliphatic rings. The van der Waals surface area contributed by atoms with Gasteiger partial charge in [-0.3, -0.25) is 9.59 Å². The molecule has 0 saturated heterocycles. The summed E-state index contributed by atoms with van der Waals surface area (Å²) in [7, 11) is 1.48. The molecule has 0 aromatic heterocycles. The molecule has 0 radical (unpaired) electrons. The van der Waals surface area contributed by atoms with Gasteiger partial charge in [-0.05, 0) is 42.3 Å². The molecule has 3 aromatic carbocycles. The molecule has 30 heavy (non-hydrogen) atoms. The van der Waals surface area contributed by atoms with Gasteiger partial charge in [0.15, 0.2) is 6.10 Å². The van der Waals surface area contributed by atoms with Crippen molar-refractivity contribution in [2.45, 2.75) is 13.0 Å². The molecule has 3 rings (SSSR count). The number of hydrogen-bond donors (Lipinski definition) is 2. The Morgan fingerprint density at radius 2 is 1.50 bits per heavy atom. The second kappa shape index (κ2) is 10.1. The summed E-state index contributed by atoms with van der Waals surface area (Å²) in [5.41, 5.74) is 5.89. The molecule has 152 valence electrons. The van der Waals surface area contributed by atoms with Crippen molar-refractivity contribution in [3.05, 3.63) is 102 Å². The third-order valence-corrected chi connectivity index (χ3v) is 4.48. The van der Waals surface area contributed by atoms with Crippen LogP contribution in [0.4, 0.5) is 5.69 Å². The minimum atomic E-state index is -0.751. The van der Waals surface area contributed by atoms with Gasteiger partial charge in [0, 0.05) is 18.4 Å². The number of carbonyl (C=O) groups excluding carboxylic acids is 2. The SMILES string of the molecule is COC(C(=O)N/N=C(\C)c1cccc(NC(=O)c2ccccc2)c1)c1ccccc1. The van der Waals surface area contributed by atoms with Crippen molar-refractivity contribution in [3.8, 4) is 0 Å². The summed E-state index contributed by atoms with van der Waals surface area (Å²) in [5.74, 6) is -0.557. The van der Waals surface area contributed by atoms with Crippen molar-refractivity contribution in [2.75, 3.05) is 12.4 Å². The van der Waals surface area contributed by atoms with Crippen LogP contribution in [0.2, 0.25) is 0 Å². The van der Waals surface area contributed by atoms with E-state index in [-0.39, 0.29) is 11.8 Å².